The van der Waals surface area contributed by atoms with Crippen molar-refractivity contribution in [3.05, 3.63) is 16.7 Å². The third-order valence-electron chi connectivity index (χ3n) is 5.50. The molecule has 1 aromatic carbocycles. The summed E-state index contributed by atoms with van der Waals surface area (Å²) in [6.45, 7) is 3.86. The zero-order chi connectivity index (χ0) is 18.7. The van der Waals surface area contributed by atoms with E-state index in [-0.39, 0.29) is 42.2 Å². The van der Waals surface area contributed by atoms with E-state index in [4.69, 9.17) is 0 Å². The summed E-state index contributed by atoms with van der Waals surface area (Å²) in [7, 11) is 0. The molecule has 2 aliphatic rings. The van der Waals surface area contributed by atoms with Crippen LogP contribution in [0.25, 0.3) is 0 Å². The van der Waals surface area contributed by atoms with Crippen molar-refractivity contribution in [3.63, 3.8) is 0 Å². The van der Waals surface area contributed by atoms with Crippen LogP contribution >= 0.6 is 12.4 Å². The lowest BCUT2D eigenvalue weighted by Gasteiger charge is -2.30. The van der Waals surface area contributed by atoms with Crippen LogP contribution in [0.4, 0.5) is 0 Å². The molecule has 0 unspecified atom stereocenters. The van der Waals surface area contributed by atoms with Gasteiger partial charge in [-0.25, -0.2) is 4.79 Å². The van der Waals surface area contributed by atoms with Gasteiger partial charge in [-0.3, -0.25) is 9.80 Å². The van der Waals surface area contributed by atoms with Crippen LogP contribution < -0.4 is 0 Å². The maximum Gasteiger partial charge on any atom is 0.336 e. The Hall–Kier alpha value is -1.70. The Morgan fingerprint density at radius 2 is 1.07 bits per heavy atom. The maximum atomic E-state index is 12.0. The molecule has 0 aliphatic carbocycles. The Labute approximate surface area is 165 Å². The van der Waals surface area contributed by atoms with Gasteiger partial charge in [-0.05, 0) is 51.9 Å². The predicted molar refractivity (Wildman–Crippen MR) is 104 cm³/mol. The van der Waals surface area contributed by atoms with Crippen LogP contribution in [0.5, 0.6) is 17.2 Å². The summed E-state index contributed by atoms with van der Waals surface area (Å²) in [6, 6.07) is 0. The number of rotatable bonds is 5. The summed E-state index contributed by atoms with van der Waals surface area (Å²) >= 11 is 0. The second kappa shape index (κ2) is 9.48. The van der Waals surface area contributed by atoms with Crippen LogP contribution in [0.3, 0.4) is 0 Å². The van der Waals surface area contributed by atoms with E-state index in [1.807, 2.05) is 0 Å². The van der Waals surface area contributed by atoms with E-state index in [2.05, 4.69) is 9.80 Å². The number of phenolic OH excluding ortho intramolecular Hbond substituents is 3. The van der Waals surface area contributed by atoms with E-state index < -0.39 is 23.2 Å². The highest BCUT2D eigenvalue weighted by Crippen LogP contribution is 2.44. The quantitative estimate of drug-likeness (QED) is 0.563. The van der Waals surface area contributed by atoms with Crippen molar-refractivity contribution < 1.29 is 25.2 Å². The molecule has 7 nitrogen and oxygen atoms in total. The maximum absolute atomic E-state index is 12.0. The molecule has 152 valence electrons. The number of aromatic carboxylic acids is 1. The molecule has 27 heavy (non-hydrogen) atoms. The summed E-state index contributed by atoms with van der Waals surface area (Å²) in [6.07, 6.45) is 6.44. The van der Waals surface area contributed by atoms with E-state index >= 15 is 0 Å². The predicted octanol–water partition coefficient (Wildman–Crippen LogP) is 2.90. The average molecular weight is 401 g/mol. The number of hydrogen-bond acceptors (Lipinski definition) is 6. The van der Waals surface area contributed by atoms with Crippen molar-refractivity contribution in [3.8, 4) is 17.2 Å². The molecule has 2 aliphatic heterocycles. The number of phenols is 3. The largest absolute Gasteiger partial charge is 0.504 e. The molecule has 0 saturated carbocycles. The van der Waals surface area contributed by atoms with Crippen LogP contribution in [0.15, 0.2) is 0 Å². The molecular weight excluding hydrogens is 372 g/mol. The van der Waals surface area contributed by atoms with Crippen molar-refractivity contribution in [2.75, 3.05) is 26.2 Å². The minimum Gasteiger partial charge on any atom is -0.504 e. The molecule has 8 heteroatoms. The van der Waals surface area contributed by atoms with Crippen molar-refractivity contribution >= 4 is 18.4 Å². The Balaban J connectivity index is 0.00000261. The fourth-order valence-electron chi connectivity index (χ4n) is 4.07. The van der Waals surface area contributed by atoms with Gasteiger partial charge in [-0.15, -0.1) is 12.4 Å². The van der Waals surface area contributed by atoms with E-state index in [1.54, 1.807) is 0 Å². The van der Waals surface area contributed by atoms with Gasteiger partial charge in [0.1, 0.15) is 0 Å². The summed E-state index contributed by atoms with van der Waals surface area (Å²) in [5.41, 5.74) is 0.317. The Morgan fingerprint density at radius 3 is 1.41 bits per heavy atom. The lowest BCUT2D eigenvalue weighted by Crippen LogP contribution is -2.31. The molecule has 2 saturated heterocycles. The third-order valence-corrected chi connectivity index (χ3v) is 5.50. The number of aromatic hydroxyl groups is 3. The highest BCUT2D eigenvalue weighted by Gasteiger charge is 2.29. The number of benzene rings is 1. The molecule has 0 amide bonds. The fourth-order valence-corrected chi connectivity index (χ4v) is 4.07. The molecule has 1 aromatic rings. The van der Waals surface area contributed by atoms with Gasteiger partial charge < -0.3 is 20.4 Å². The second-order valence-electron chi connectivity index (χ2n) is 7.36. The molecule has 3 rings (SSSR count). The van der Waals surface area contributed by atoms with E-state index in [9.17, 15) is 25.2 Å². The zero-order valence-electron chi connectivity index (χ0n) is 15.5. The van der Waals surface area contributed by atoms with Gasteiger partial charge in [-0.2, -0.15) is 0 Å². The molecule has 2 heterocycles. The van der Waals surface area contributed by atoms with E-state index in [0.29, 0.717) is 0 Å². The van der Waals surface area contributed by atoms with Gasteiger partial charge in [0.25, 0.3) is 0 Å². The average Bonchev–Trinajstić information content (AvgIpc) is 2.65. The summed E-state index contributed by atoms with van der Waals surface area (Å²) in [4.78, 5) is 16.2. The molecule has 0 bridgehead atoms. The van der Waals surface area contributed by atoms with Gasteiger partial charge in [0.05, 0.1) is 5.56 Å². The summed E-state index contributed by atoms with van der Waals surface area (Å²) < 4.78 is 0. The number of hydrogen-bond donors (Lipinski definition) is 4. The van der Waals surface area contributed by atoms with Crippen molar-refractivity contribution in [1.29, 1.82) is 0 Å². The molecule has 4 N–H and O–H groups in total. The number of nitrogens with zero attached hydrogens (tertiary/aromatic N) is 2. The molecular formula is C19H29ClN2O5. The summed E-state index contributed by atoms with van der Waals surface area (Å²) in [5, 5.41) is 40.7. The number of carboxylic acids is 1. The third kappa shape index (κ3) is 4.78. The van der Waals surface area contributed by atoms with Crippen LogP contribution in [0.1, 0.15) is 60.0 Å². The highest BCUT2D eigenvalue weighted by atomic mass is 35.5. The van der Waals surface area contributed by atoms with Gasteiger partial charge in [-0.1, -0.05) is 12.8 Å². The molecule has 2 fully saturated rings. The van der Waals surface area contributed by atoms with E-state index in [1.165, 1.54) is 0 Å². The second-order valence-corrected chi connectivity index (χ2v) is 7.36. The van der Waals surface area contributed by atoms with Crippen LogP contribution in [-0.2, 0) is 13.1 Å². The number of piperidine rings is 2. The smallest absolute Gasteiger partial charge is 0.336 e. The Bertz CT molecular complexity index is 624. The molecule has 0 atom stereocenters. The van der Waals surface area contributed by atoms with Crippen molar-refractivity contribution in [1.82, 2.24) is 9.80 Å². The van der Waals surface area contributed by atoms with Crippen molar-refractivity contribution in [2.45, 2.75) is 51.6 Å². The van der Waals surface area contributed by atoms with Crippen molar-refractivity contribution in [2.24, 2.45) is 0 Å². The minimum atomic E-state index is -1.19. The monoisotopic (exact) mass is 400 g/mol. The number of carbonyl (C=O) groups is 1. The van der Waals surface area contributed by atoms with Crippen LogP contribution in [-0.4, -0.2) is 62.4 Å². The first kappa shape index (κ1) is 21.6. The Morgan fingerprint density at radius 1 is 0.704 bits per heavy atom. The number of likely N-dealkylation sites (tertiary alicyclic amines) is 2. The first-order valence-electron chi connectivity index (χ1n) is 9.45. The number of halogens is 1. The summed E-state index contributed by atoms with van der Waals surface area (Å²) in [5.74, 6) is -2.84. The Kier molecular flexibility index (Phi) is 7.59. The lowest BCUT2D eigenvalue weighted by molar-refractivity contribution is 0.0689. The normalized spacial score (nSPS) is 18.8. The van der Waals surface area contributed by atoms with Gasteiger partial charge >= 0.3 is 5.97 Å². The molecule has 0 radical (unpaired) electrons. The minimum absolute atomic E-state index is 0. The first-order valence-corrected chi connectivity index (χ1v) is 9.45. The van der Waals surface area contributed by atoms with Gasteiger partial charge in [0, 0.05) is 24.2 Å². The van der Waals surface area contributed by atoms with Crippen LogP contribution in [0.2, 0.25) is 0 Å². The number of carboxylic acid groups (broad SMARTS) is 1. The SMILES string of the molecule is Cl.O=C(O)c1c(CN2CCCCC2)c(O)c(O)c(O)c1CN1CCCCC1. The topological polar surface area (TPSA) is 104 Å². The molecule has 0 spiro atoms. The zero-order valence-corrected chi connectivity index (χ0v) is 16.3. The van der Waals surface area contributed by atoms with Crippen LogP contribution in [0, 0.1) is 0 Å². The first-order chi connectivity index (χ1) is 12.5. The molecule has 0 aromatic heterocycles. The highest BCUT2D eigenvalue weighted by molar-refractivity contribution is 5.94. The fraction of sp³-hybridized carbons (Fsp3) is 0.632. The standard InChI is InChI=1S/C19H28N2O5.ClH/c22-16-13(11-20-7-3-1-4-8-20)15(19(25)26)14(17(23)18(16)24)12-21-9-5-2-6-10-21;/h22-24H,1-12H2,(H,25,26);1H. The van der Waals surface area contributed by atoms with Gasteiger partial charge in [0.15, 0.2) is 11.5 Å². The lowest BCUT2D eigenvalue weighted by atomic mass is 9.95. The van der Waals surface area contributed by atoms with Gasteiger partial charge in [0.2, 0.25) is 5.75 Å². The van der Waals surface area contributed by atoms with E-state index in [0.717, 1.165) is 64.7 Å².